The molecule has 1 N–H and O–H groups in total. The van der Waals surface area contributed by atoms with E-state index in [0.29, 0.717) is 5.69 Å². The number of nitrogens with one attached hydrogen (secondary N) is 1. The zero-order valence-corrected chi connectivity index (χ0v) is 21.5. The molecule has 0 unspecified atom stereocenters. The lowest BCUT2D eigenvalue weighted by Crippen LogP contribution is -2.23. The fourth-order valence-corrected chi connectivity index (χ4v) is 4.20. The average molecular weight is 510 g/mol. The molecule has 0 spiro atoms. The van der Waals surface area contributed by atoms with Gasteiger partial charge in [-0.1, -0.05) is 74.4 Å². The molecular weight excluding hydrogens is 479 g/mol. The Morgan fingerprint density at radius 2 is 1.00 bits per heavy atom. The first-order chi connectivity index (χ1) is 15.1. The van der Waals surface area contributed by atoms with E-state index in [1.807, 2.05) is 74.4 Å². The van der Waals surface area contributed by atoms with Crippen molar-refractivity contribution in [3.63, 3.8) is 0 Å². The summed E-state index contributed by atoms with van der Waals surface area (Å²) in [5.74, 6) is -9.17. The van der Waals surface area contributed by atoms with Gasteiger partial charge in [-0.05, 0) is 44.9 Å². The number of hydrogen-bond donors (Lipinski definition) is 1. The minimum Gasteiger partial charge on any atom is -0.325 e. The van der Waals surface area contributed by atoms with E-state index in [0.717, 1.165) is 16.7 Å². The maximum atomic E-state index is 14.5. The largest absolute Gasteiger partial charge is 0.422 e. The maximum Gasteiger partial charge on any atom is 0.422 e. The highest BCUT2D eigenvalue weighted by Crippen LogP contribution is 2.44. The predicted octanol–water partition coefficient (Wildman–Crippen LogP) is 9.27. The van der Waals surface area contributed by atoms with Crippen molar-refractivity contribution in [2.45, 2.75) is 89.6 Å². The fraction of sp³-hybridized carbons (Fsp3) is 0.520. The van der Waals surface area contributed by atoms with Crippen molar-refractivity contribution in [2.75, 3.05) is 4.72 Å². The normalized spacial score (nSPS) is 13.4. The van der Waals surface area contributed by atoms with Crippen LogP contribution < -0.4 is 4.72 Å². The van der Waals surface area contributed by atoms with Crippen molar-refractivity contribution in [3.8, 4) is 0 Å². The van der Waals surface area contributed by atoms with Gasteiger partial charge in [0.05, 0.1) is 5.69 Å². The molecule has 0 aliphatic carbocycles. The standard InChI is InChI=1S/C25H30F7NS/c1-22(2,3)12-10-13(23(4,5)6)20(14(11-12)24(7,8)9)33-34-21-18(28)16(26)15(25(30,31)32)17(27)19(21)29/h10-11,33H,1-9H3. The van der Waals surface area contributed by atoms with E-state index < -0.39 is 50.7 Å². The molecule has 2 rings (SSSR count). The molecule has 9 heteroatoms. The molecule has 1 nitrogen and oxygen atoms in total. The molecule has 0 atom stereocenters. The summed E-state index contributed by atoms with van der Waals surface area (Å²) in [4.78, 5) is -1.22. The van der Waals surface area contributed by atoms with Crippen molar-refractivity contribution in [1.29, 1.82) is 0 Å². The lowest BCUT2D eigenvalue weighted by molar-refractivity contribution is -0.143. The van der Waals surface area contributed by atoms with Gasteiger partial charge in [-0.3, -0.25) is 0 Å². The van der Waals surface area contributed by atoms with Crippen LogP contribution in [0.4, 0.5) is 36.4 Å². The minimum absolute atomic E-state index is 0.201. The van der Waals surface area contributed by atoms with Gasteiger partial charge in [0.2, 0.25) is 0 Å². The number of alkyl halides is 3. The van der Waals surface area contributed by atoms with Gasteiger partial charge in [0, 0.05) is 0 Å². The van der Waals surface area contributed by atoms with Crippen LogP contribution in [0.25, 0.3) is 0 Å². The number of anilines is 1. The number of rotatable bonds is 3. The SMILES string of the molecule is CC(C)(C)c1cc(C(C)(C)C)c(NSc2c(F)c(F)c(C(F)(F)F)c(F)c2F)c(C(C)(C)C)c1. The Labute approximate surface area is 200 Å². The molecule has 2 aromatic rings. The minimum atomic E-state index is -5.59. The Morgan fingerprint density at radius 3 is 1.29 bits per heavy atom. The van der Waals surface area contributed by atoms with Gasteiger partial charge in [-0.15, -0.1) is 0 Å². The third kappa shape index (κ3) is 5.66. The van der Waals surface area contributed by atoms with E-state index in [9.17, 15) is 30.7 Å². The summed E-state index contributed by atoms with van der Waals surface area (Å²) in [7, 11) is 0. The Morgan fingerprint density at radius 1 is 0.618 bits per heavy atom. The van der Waals surface area contributed by atoms with E-state index >= 15 is 0 Å². The first kappa shape index (κ1) is 28.3. The van der Waals surface area contributed by atoms with E-state index in [1.165, 1.54) is 0 Å². The second-order valence-electron chi connectivity index (χ2n) is 11.4. The fourth-order valence-electron chi connectivity index (χ4n) is 3.42. The molecule has 0 saturated heterocycles. The molecule has 0 bridgehead atoms. The second-order valence-corrected chi connectivity index (χ2v) is 12.2. The van der Waals surface area contributed by atoms with Crippen LogP contribution in [0.3, 0.4) is 0 Å². The number of hydrogen-bond acceptors (Lipinski definition) is 2. The lowest BCUT2D eigenvalue weighted by atomic mass is 9.74. The van der Waals surface area contributed by atoms with E-state index in [2.05, 4.69) is 4.72 Å². The van der Waals surface area contributed by atoms with Crippen molar-refractivity contribution in [2.24, 2.45) is 0 Å². The summed E-state index contributed by atoms with van der Waals surface area (Å²) >= 11 is 0.201. The van der Waals surface area contributed by atoms with E-state index in [4.69, 9.17) is 0 Å². The van der Waals surface area contributed by atoms with E-state index in [1.54, 1.807) is 0 Å². The van der Waals surface area contributed by atoms with Gasteiger partial charge in [0.15, 0.2) is 23.3 Å². The van der Waals surface area contributed by atoms with Gasteiger partial charge in [0.25, 0.3) is 0 Å². The number of halogens is 7. The Hall–Kier alpha value is -1.90. The molecule has 0 heterocycles. The molecular formula is C25H30F7NS. The molecule has 0 fully saturated rings. The van der Waals surface area contributed by atoms with Crippen LogP contribution in [0, 0.1) is 23.3 Å². The Bertz CT molecular complexity index is 1020. The summed E-state index contributed by atoms with van der Waals surface area (Å²) in [5.41, 5.74) is -0.636. The third-order valence-electron chi connectivity index (χ3n) is 5.38. The van der Waals surface area contributed by atoms with Crippen LogP contribution in [-0.2, 0) is 22.4 Å². The van der Waals surface area contributed by atoms with Gasteiger partial charge in [-0.25, -0.2) is 17.6 Å². The van der Waals surface area contributed by atoms with Gasteiger partial charge in [0.1, 0.15) is 10.5 Å². The zero-order valence-electron chi connectivity index (χ0n) is 20.7. The van der Waals surface area contributed by atoms with Crippen molar-refractivity contribution in [1.82, 2.24) is 0 Å². The van der Waals surface area contributed by atoms with Crippen molar-refractivity contribution >= 4 is 17.6 Å². The molecule has 190 valence electrons. The van der Waals surface area contributed by atoms with Crippen LogP contribution in [0.15, 0.2) is 17.0 Å². The third-order valence-corrected chi connectivity index (χ3v) is 6.25. The molecule has 0 radical (unpaired) electrons. The molecule has 0 aromatic heterocycles. The molecule has 0 aliphatic rings. The van der Waals surface area contributed by atoms with E-state index in [-0.39, 0.29) is 17.4 Å². The average Bonchev–Trinajstić information content (AvgIpc) is 2.62. The van der Waals surface area contributed by atoms with Crippen LogP contribution in [0.5, 0.6) is 0 Å². The Kier molecular flexibility index (Phi) is 7.46. The van der Waals surface area contributed by atoms with Crippen LogP contribution in [0.2, 0.25) is 0 Å². The first-order valence-electron chi connectivity index (χ1n) is 10.6. The summed E-state index contributed by atoms with van der Waals surface area (Å²) in [6, 6.07) is 3.91. The lowest BCUT2D eigenvalue weighted by Gasteiger charge is -2.33. The molecule has 0 aliphatic heterocycles. The summed E-state index contributed by atoms with van der Waals surface area (Å²) in [6.45, 7) is 17.8. The molecule has 34 heavy (non-hydrogen) atoms. The summed E-state index contributed by atoms with van der Waals surface area (Å²) in [6.07, 6.45) is -5.59. The topological polar surface area (TPSA) is 12.0 Å². The molecule has 2 aromatic carbocycles. The monoisotopic (exact) mass is 509 g/mol. The van der Waals surface area contributed by atoms with Crippen LogP contribution >= 0.6 is 11.9 Å². The van der Waals surface area contributed by atoms with Crippen LogP contribution in [0.1, 0.15) is 84.6 Å². The highest BCUT2D eigenvalue weighted by molar-refractivity contribution is 8.00. The quantitative estimate of drug-likeness (QED) is 0.251. The smallest absolute Gasteiger partial charge is 0.325 e. The highest BCUT2D eigenvalue weighted by Gasteiger charge is 2.42. The van der Waals surface area contributed by atoms with Gasteiger partial charge < -0.3 is 4.72 Å². The predicted molar refractivity (Wildman–Crippen MR) is 123 cm³/mol. The first-order valence-corrected chi connectivity index (χ1v) is 11.5. The highest BCUT2D eigenvalue weighted by atomic mass is 32.2. The zero-order chi connectivity index (χ0) is 26.6. The Balaban J connectivity index is 2.74. The number of benzene rings is 2. The van der Waals surface area contributed by atoms with Gasteiger partial charge in [-0.2, -0.15) is 13.2 Å². The molecule has 0 saturated carbocycles. The van der Waals surface area contributed by atoms with Crippen molar-refractivity contribution in [3.05, 3.63) is 57.7 Å². The van der Waals surface area contributed by atoms with Crippen molar-refractivity contribution < 1.29 is 30.7 Å². The molecule has 0 amide bonds. The summed E-state index contributed by atoms with van der Waals surface area (Å²) in [5, 5.41) is 0. The van der Waals surface area contributed by atoms with Gasteiger partial charge >= 0.3 is 6.18 Å². The maximum absolute atomic E-state index is 14.5. The van der Waals surface area contributed by atoms with Crippen LogP contribution in [-0.4, -0.2) is 0 Å². The summed E-state index contributed by atoms with van der Waals surface area (Å²) < 4.78 is 98.7. The second kappa shape index (κ2) is 8.95.